The molecule has 138 valence electrons. The normalized spacial score (nSPS) is 29.2. The molecule has 2 atom stereocenters. The number of hydrogen-bond donors (Lipinski definition) is 2. The van der Waals surface area contributed by atoms with Gasteiger partial charge in [0.15, 0.2) is 0 Å². The molecule has 1 aromatic carbocycles. The van der Waals surface area contributed by atoms with E-state index < -0.39 is 6.09 Å². The van der Waals surface area contributed by atoms with Crippen LogP contribution >= 0.6 is 0 Å². The zero-order valence-corrected chi connectivity index (χ0v) is 15.7. The Hall–Kier alpha value is -1.55. The summed E-state index contributed by atoms with van der Waals surface area (Å²) >= 11 is 0. The standard InChI is InChI=1S/C21H32N2O2/c1-21(2,3)23(20(24)25)17-11-9-15(10-12-17)14-22-19-13-18(19)16-7-5-4-6-8-16/h4-8,15,17-19,22H,9-14H2,1-3H3,(H,24,25)/t15?,17?,18-,19+/m0/s1. The van der Waals surface area contributed by atoms with E-state index >= 15 is 0 Å². The molecular formula is C21H32N2O2. The minimum atomic E-state index is -0.780. The van der Waals surface area contributed by atoms with Gasteiger partial charge in [-0.1, -0.05) is 30.3 Å². The van der Waals surface area contributed by atoms with Crippen molar-refractivity contribution in [3.8, 4) is 0 Å². The molecule has 25 heavy (non-hydrogen) atoms. The second-order valence-electron chi connectivity index (χ2n) is 8.77. The van der Waals surface area contributed by atoms with Crippen LogP contribution in [-0.4, -0.2) is 40.3 Å². The lowest BCUT2D eigenvalue weighted by atomic mass is 9.84. The molecule has 0 saturated heterocycles. The highest BCUT2D eigenvalue weighted by molar-refractivity contribution is 5.66. The van der Waals surface area contributed by atoms with Crippen molar-refractivity contribution in [3.05, 3.63) is 35.9 Å². The van der Waals surface area contributed by atoms with Gasteiger partial charge in [0.25, 0.3) is 0 Å². The molecule has 0 unspecified atom stereocenters. The zero-order chi connectivity index (χ0) is 18.0. The maximum atomic E-state index is 11.6. The van der Waals surface area contributed by atoms with Gasteiger partial charge in [-0.15, -0.1) is 0 Å². The summed E-state index contributed by atoms with van der Waals surface area (Å²) in [4.78, 5) is 13.3. The lowest BCUT2D eigenvalue weighted by Crippen LogP contribution is -2.52. The fourth-order valence-corrected chi connectivity index (χ4v) is 4.41. The Balaban J connectivity index is 1.42. The Kier molecular flexibility index (Phi) is 5.38. The number of carboxylic acid groups (broad SMARTS) is 1. The fourth-order valence-electron chi connectivity index (χ4n) is 4.41. The first-order chi connectivity index (χ1) is 11.9. The van der Waals surface area contributed by atoms with Gasteiger partial charge in [-0.25, -0.2) is 4.79 Å². The second-order valence-corrected chi connectivity index (χ2v) is 8.77. The van der Waals surface area contributed by atoms with Crippen molar-refractivity contribution in [1.82, 2.24) is 10.2 Å². The summed E-state index contributed by atoms with van der Waals surface area (Å²) in [6, 6.07) is 11.6. The summed E-state index contributed by atoms with van der Waals surface area (Å²) in [5.41, 5.74) is 1.13. The molecule has 2 fully saturated rings. The van der Waals surface area contributed by atoms with Crippen LogP contribution in [0.3, 0.4) is 0 Å². The molecule has 1 amide bonds. The van der Waals surface area contributed by atoms with Gasteiger partial charge >= 0.3 is 6.09 Å². The third kappa shape index (κ3) is 4.55. The van der Waals surface area contributed by atoms with Crippen LogP contribution in [0.5, 0.6) is 0 Å². The average molecular weight is 344 g/mol. The molecular weight excluding hydrogens is 312 g/mol. The zero-order valence-electron chi connectivity index (χ0n) is 15.7. The minimum absolute atomic E-state index is 0.173. The molecule has 4 heteroatoms. The van der Waals surface area contributed by atoms with Crippen LogP contribution in [0.4, 0.5) is 4.79 Å². The summed E-state index contributed by atoms with van der Waals surface area (Å²) in [5, 5.41) is 13.3. The topological polar surface area (TPSA) is 52.6 Å². The molecule has 0 bridgehead atoms. The summed E-state index contributed by atoms with van der Waals surface area (Å²) < 4.78 is 0. The number of amides is 1. The number of nitrogens with zero attached hydrogens (tertiary/aromatic N) is 1. The summed E-state index contributed by atoms with van der Waals surface area (Å²) in [5.74, 6) is 1.37. The first-order valence-electron chi connectivity index (χ1n) is 9.67. The molecule has 0 spiro atoms. The predicted octanol–water partition coefficient (Wildman–Crippen LogP) is 4.47. The third-order valence-corrected chi connectivity index (χ3v) is 5.80. The van der Waals surface area contributed by atoms with E-state index in [4.69, 9.17) is 0 Å². The molecule has 3 rings (SSSR count). The summed E-state index contributed by atoms with van der Waals surface area (Å²) in [7, 11) is 0. The van der Waals surface area contributed by atoms with Crippen LogP contribution in [0.25, 0.3) is 0 Å². The van der Waals surface area contributed by atoms with E-state index in [9.17, 15) is 9.90 Å². The molecule has 0 aliphatic heterocycles. The number of carbonyl (C=O) groups is 1. The number of hydrogen-bond acceptors (Lipinski definition) is 2. The second kappa shape index (κ2) is 7.36. The van der Waals surface area contributed by atoms with E-state index in [0.29, 0.717) is 17.9 Å². The first kappa shape index (κ1) is 18.2. The quantitative estimate of drug-likeness (QED) is 0.828. The first-order valence-corrected chi connectivity index (χ1v) is 9.67. The summed E-state index contributed by atoms with van der Waals surface area (Å²) in [6.45, 7) is 7.05. The maximum absolute atomic E-state index is 11.6. The highest BCUT2D eigenvalue weighted by Crippen LogP contribution is 2.41. The van der Waals surface area contributed by atoms with E-state index in [2.05, 4.69) is 35.6 Å². The SMILES string of the molecule is CC(C)(C)N(C(=O)O)C1CCC(CN[C@@H]2C[C@H]2c2ccccc2)CC1. The van der Waals surface area contributed by atoms with Crippen molar-refractivity contribution in [3.63, 3.8) is 0 Å². The van der Waals surface area contributed by atoms with E-state index in [1.54, 1.807) is 4.90 Å². The van der Waals surface area contributed by atoms with Gasteiger partial charge in [-0.3, -0.25) is 0 Å². The average Bonchev–Trinajstić information content (AvgIpc) is 3.33. The molecule has 0 aromatic heterocycles. The molecule has 4 nitrogen and oxygen atoms in total. The molecule has 2 aliphatic rings. The van der Waals surface area contributed by atoms with Gasteiger partial charge in [0, 0.05) is 23.5 Å². The Labute approximate surface area is 151 Å². The highest BCUT2D eigenvalue weighted by Gasteiger charge is 2.39. The van der Waals surface area contributed by atoms with Gasteiger partial charge in [-0.2, -0.15) is 0 Å². The van der Waals surface area contributed by atoms with Crippen LogP contribution in [0.15, 0.2) is 30.3 Å². The predicted molar refractivity (Wildman–Crippen MR) is 101 cm³/mol. The lowest BCUT2D eigenvalue weighted by Gasteiger charge is -2.42. The van der Waals surface area contributed by atoms with Crippen molar-refractivity contribution in [2.45, 2.75) is 76.4 Å². The van der Waals surface area contributed by atoms with Gasteiger partial charge in [0.2, 0.25) is 0 Å². The van der Waals surface area contributed by atoms with Gasteiger partial charge in [0.1, 0.15) is 0 Å². The molecule has 2 saturated carbocycles. The summed E-state index contributed by atoms with van der Waals surface area (Å²) in [6.07, 6.45) is 4.69. The van der Waals surface area contributed by atoms with Crippen molar-refractivity contribution in [2.75, 3.05) is 6.54 Å². The Morgan fingerprint density at radius 3 is 2.36 bits per heavy atom. The smallest absolute Gasteiger partial charge is 0.407 e. The van der Waals surface area contributed by atoms with Crippen LogP contribution < -0.4 is 5.32 Å². The Bertz CT molecular complexity index is 573. The molecule has 0 heterocycles. The number of benzene rings is 1. The van der Waals surface area contributed by atoms with Crippen LogP contribution in [0.1, 0.15) is 64.4 Å². The van der Waals surface area contributed by atoms with Crippen LogP contribution in [-0.2, 0) is 0 Å². The van der Waals surface area contributed by atoms with Crippen LogP contribution in [0.2, 0.25) is 0 Å². The van der Waals surface area contributed by atoms with Crippen molar-refractivity contribution >= 4 is 6.09 Å². The van der Waals surface area contributed by atoms with E-state index in [-0.39, 0.29) is 11.6 Å². The van der Waals surface area contributed by atoms with E-state index in [1.807, 2.05) is 20.8 Å². The number of nitrogens with one attached hydrogen (secondary N) is 1. The third-order valence-electron chi connectivity index (χ3n) is 5.80. The maximum Gasteiger partial charge on any atom is 0.407 e. The van der Waals surface area contributed by atoms with Gasteiger partial charge < -0.3 is 15.3 Å². The van der Waals surface area contributed by atoms with Crippen molar-refractivity contribution < 1.29 is 9.90 Å². The number of rotatable bonds is 5. The largest absolute Gasteiger partial charge is 0.465 e. The molecule has 2 N–H and O–H groups in total. The van der Waals surface area contributed by atoms with Crippen molar-refractivity contribution in [2.24, 2.45) is 5.92 Å². The van der Waals surface area contributed by atoms with Crippen LogP contribution in [0, 0.1) is 5.92 Å². The van der Waals surface area contributed by atoms with E-state index in [1.165, 1.54) is 12.0 Å². The minimum Gasteiger partial charge on any atom is -0.465 e. The van der Waals surface area contributed by atoms with E-state index in [0.717, 1.165) is 32.2 Å². The van der Waals surface area contributed by atoms with Gasteiger partial charge in [0.05, 0.1) is 0 Å². The molecule has 2 aliphatic carbocycles. The Morgan fingerprint density at radius 1 is 1.16 bits per heavy atom. The molecule has 1 aromatic rings. The lowest BCUT2D eigenvalue weighted by molar-refractivity contribution is 0.0504. The fraction of sp³-hybridized carbons (Fsp3) is 0.667. The van der Waals surface area contributed by atoms with Gasteiger partial charge in [-0.05, 0) is 70.9 Å². The molecule has 0 radical (unpaired) electrons. The highest BCUT2D eigenvalue weighted by atomic mass is 16.4. The van der Waals surface area contributed by atoms with Crippen molar-refractivity contribution in [1.29, 1.82) is 0 Å². The monoisotopic (exact) mass is 344 g/mol. The Morgan fingerprint density at radius 2 is 1.80 bits per heavy atom.